The molecule has 3 aromatic rings. The van der Waals surface area contributed by atoms with E-state index in [4.69, 9.17) is 4.84 Å². The second-order valence-electron chi connectivity index (χ2n) is 5.95. The van der Waals surface area contributed by atoms with Crippen LogP contribution in [0.5, 0.6) is 5.88 Å². The zero-order valence-corrected chi connectivity index (χ0v) is 15.7. The molecular weight excluding hydrogens is 380 g/mol. The summed E-state index contributed by atoms with van der Waals surface area (Å²) in [5.41, 5.74) is 1.67. The summed E-state index contributed by atoms with van der Waals surface area (Å²) in [5.74, 6) is -1.70. The predicted molar refractivity (Wildman–Crippen MR) is 103 cm³/mol. The van der Waals surface area contributed by atoms with Crippen molar-refractivity contribution in [2.24, 2.45) is 5.16 Å². The summed E-state index contributed by atoms with van der Waals surface area (Å²) in [7, 11) is 0. The van der Waals surface area contributed by atoms with Gasteiger partial charge in [-0.3, -0.25) is 9.78 Å². The maximum absolute atomic E-state index is 13.6. The molecule has 0 bridgehead atoms. The number of hydrogen-bond donors (Lipinski definition) is 1. The Hall–Kier alpha value is -3.75. The van der Waals surface area contributed by atoms with Gasteiger partial charge in [0.15, 0.2) is 5.82 Å². The van der Waals surface area contributed by atoms with Crippen LogP contribution < -0.4 is 10.2 Å². The number of amides is 1. The van der Waals surface area contributed by atoms with Gasteiger partial charge in [-0.15, -0.1) is 0 Å². The molecule has 1 N–H and O–H groups in total. The van der Waals surface area contributed by atoms with Crippen molar-refractivity contribution in [2.45, 2.75) is 20.3 Å². The molecular formula is C20H17F2N5O2. The number of pyridine rings is 3. The number of aryl methyl sites for hydroxylation is 1. The van der Waals surface area contributed by atoms with Crippen molar-refractivity contribution in [2.75, 3.05) is 5.32 Å². The quantitative estimate of drug-likeness (QED) is 0.503. The molecule has 0 fully saturated rings. The Balaban J connectivity index is 1.73. The molecule has 0 aromatic carbocycles. The summed E-state index contributed by atoms with van der Waals surface area (Å²) in [6.07, 6.45) is 4.43. The predicted octanol–water partition coefficient (Wildman–Crippen LogP) is 3.90. The highest BCUT2D eigenvalue weighted by Gasteiger charge is 2.13. The van der Waals surface area contributed by atoms with Crippen LogP contribution in [0.4, 0.5) is 14.6 Å². The average molecular weight is 397 g/mol. The van der Waals surface area contributed by atoms with Gasteiger partial charge in [0.25, 0.3) is 11.8 Å². The van der Waals surface area contributed by atoms with E-state index in [0.717, 1.165) is 12.3 Å². The van der Waals surface area contributed by atoms with E-state index in [1.807, 2.05) is 6.92 Å². The topological polar surface area (TPSA) is 89.4 Å². The standard InChI is InChI=1S/C20H17F2N5O2/c1-3-17(27-29-20-16(22)5-4-8-23-20)13-6-7-18(25-10-13)26-19(28)15-9-14(21)11-24-12(15)2/h4-11H,3H2,1-2H3,(H,25,26,28)/b27-17+. The van der Waals surface area contributed by atoms with Crippen LogP contribution in [-0.4, -0.2) is 26.6 Å². The lowest BCUT2D eigenvalue weighted by molar-refractivity contribution is 0.102. The number of halogens is 2. The molecule has 0 aliphatic rings. The third kappa shape index (κ3) is 4.95. The molecule has 3 heterocycles. The van der Waals surface area contributed by atoms with Gasteiger partial charge in [-0.1, -0.05) is 12.1 Å². The molecule has 7 nitrogen and oxygen atoms in total. The Kier molecular flexibility index (Phi) is 6.18. The summed E-state index contributed by atoms with van der Waals surface area (Å²) in [6.45, 7) is 3.46. The van der Waals surface area contributed by atoms with E-state index >= 15 is 0 Å². The Labute approximate surface area is 165 Å². The summed E-state index contributed by atoms with van der Waals surface area (Å²) >= 11 is 0. The summed E-state index contributed by atoms with van der Waals surface area (Å²) < 4.78 is 26.9. The lowest BCUT2D eigenvalue weighted by Gasteiger charge is -2.08. The van der Waals surface area contributed by atoms with Crippen molar-refractivity contribution < 1.29 is 18.4 Å². The minimum Gasteiger partial charge on any atom is -0.333 e. The number of aromatic nitrogens is 3. The van der Waals surface area contributed by atoms with Gasteiger partial charge < -0.3 is 10.2 Å². The third-order valence-electron chi connectivity index (χ3n) is 3.94. The maximum atomic E-state index is 13.6. The molecule has 0 atom stereocenters. The van der Waals surface area contributed by atoms with E-state index < -0.39 is 17.5 Å². The fourth-order valence-corrected chi connectivity index (χ4v) is 2.42. The van der Waals surface area contributed by atoms with E-state index in [1.54, 1.807) is 19.1 Å². The molecule has 0 unspecified atom stereocenters. The minimum absolute atomic E-state index is 0.123. The first-order valence-electron chi connectivity index (χ1n) is 8.72. The van der Waals surface area contributed by atoms with Crippen molar-refractivity contribution in [1.82, 2.24) is 15.0 Å². The first-order chi connectivity index (χ1) is 14.0. The molecule has 0 saturated heterocycles. The van der Waals surface area contributed by atoms with Crippen molar-refractivity contribution in [3.05, 3.63) is 77.4 Å². The zero-order valence-electron chi connectivity index (χ0n) is 15.7. The van der Waals surface area contributed by atoms with Gasteiger partial charge >= 0.3 is 0 Å². The Morgan fingerprint density at radius 1 is 1.17 bits per heavy atom. The van der Waals surface area contributed by atoms with Crippen LogP contribution >= 0.6 is 0 Å². The number of oxime groups is 1. The lowest BCUT2D eigenvalue weighted by Crippen LogP contribution is -2.15. The molecule has 0 aliphatic heterocycles. The van der Waals surface area contributed by atoms with Crippen LogP contribution in [-0.2, 0) is 0 Å². The molecule has 9 heteroatoms. The van der Waals surface area contributed by atoms with Crippen molar-refractivity contribution in [1.29, 1.82) is 0 Å². The molecule has 29 heavy (non-hydrogen) atoms. The number of nitrogens with zero attached hydrogens (tertiary/aromatic N) is 4. The normalized spacial score (nSPS) is 11.2. The summed E-state index contributed by atoms with van der Waals surface area (Å²) in [5, 5.41) is 6.53. The van der Waals surface area contributed by atoms with Crippen LogP contribution in [0, 0.1) is 18.6 Å². The van der Waals surface area contributed by atoms with Gasteiger partial charge in [0.05, 0.1) is 23.2 Å². The van der Waals surface area contributed by atoms with Gasteiger partial charge in [-0.2, -0.15) is 0 Å². The Morgan fingerprint density at radius 3 is 2.69 bits per heavy atom. The largest absolute Gasteiger partial charge is 0.333 e. The van der Waals surface area contributed by atoms with E-state index in [0.29, 0.717) is 23.4 Å². The molecule has 3 aromatic heterocycles. The fourth-order valence-electron chi connectivity index (χ4n) is 2.42. The van der Waals surface area contributed by atoms with E-state index in [9.17, 15) is 13.6 Å². The maximum Gasteiger partial charge on any atom is 0.284 e. The molecule has 0 spiro atoms. The first kappa shape index (κ1) is 20.0. The number of anilines is 1. The van der Waals surface area contributed by atoms with Crippen LogP contribution in [0.15, 0.2) is 54.1 Å². The SMILES string of the molecule is CC/C(=N\Oc1ncccc1F)c1ccc(NC(=O)c2cc(F)cnc2C)nc1. The highest BCUT2D eigenvalue weighted by molar-refractivity contribution is 6.05. The van der Waals surface area contributed by atoms with Crippen LogP contribution in [0.1, 0.15) is 35.0 Å². The van der Waals surface area contributed by atoms with Crippen molar-refractivity contribution in [3.63, 3.8) is 0 Å². The van der Waals surface area contributed by atoms with Gasteiger partial charge in [0, 0.05) is 18.0 Å². The number of carbonyl (C=O) groups is 1. The highest BCUT2D eigenvalue weighted by atomic mass is 19.1. The molecule has 0 aliphatic carbocycles. The minimum atomic E-state index is -0.620. The third-order valence-corrected chi connectivity index (χ3v) is 3.94. The van der Waals surface area contributed by atoms with Gasteiger partial charge in [-0.25, -0.2) is 18.7 Å². The van der Waals surface area contributed by atoms with Crippen LogP contribution in [0.3, 0.4) is 0 Å². The molecule has 1 amide bonds. The Morgan fingerprint density at radius 2 is 2.00 bits per heavy atom. The monoisotopic (exact) mass is 397 g/mol. The van der Waals surface area contributed by atoms with Gasteiger partial charge in [0.1, 0.15) is 11.6 Å². The lowest BCUT2D eigenvalue weighted by atomic mass is 10.1. The van der Waals surface area contributed by atoms with Gasteiger partial charge in [0.2, 0.25) is 0 Å². The number of hydrogen-bond acceptors (Lipinski definition) is 6. The van der Waals surface area contributed by atoms with Crippen molar-refractivity contribution in [3.8, 4) is 5.88 Å². The number of carbonyl (C=O) groups excluding carboxylic acids is 1. The molecule has 148 valence electrons. The molecule has 0 saturated carbocycles. The zero-order chi connectivity index (χ0) is 20.8. The van der Waals surface area contributed by atoms with Gasteiger partial charge in [-0.05, 0) is 43.7 Å². The number of rotatable bonds is 6. The highest BCUT2D eigenvalue weighted by Crippen LogP contribution is 2.15. The van der Waals surface area contributed by atoms with E-state index in [2.05, 4.69) is 25.4 Å². The van der Waals surface area contributed by atoms with Crippen LogP contribution in [0.2, 0.25) is 0 Å². The Bertz CT molecular complexity index is 1050. The second-order valence-corrected chi connectivity index (χ2v) is 5.95. The molecule has 3 rings (SSSR count). The average Bonchev–Trinajstić information content (AvgIpc) is 2.72. The summed E-state index contributed by atoms with van der Waals surface area (Å²) in [4.78, 5) is 29.1. The second kappa shape index (κ2) is 8.96. The van der Waals surface area contributed by atoms with Crippen LogP contribution in [0.25, 0.3) is 0 Å². The van der Waals surface area contributed by atoms with E-state index in [1.165, 1.54) is 24.5 Å². The first-order valence-corrected chi connectivity index (χ1v) is 8.72. The number of nitrogens with one attached hydrogen (secondary N) is 1. The molecule has 0 radical (unpaired) electrons. The summed E-state index contributed by atoms with van der Waals surface area (Å²) in [6, 6.07) is 7.03. The smallest absolute Gasteiger partial charge is 0.284 e. The van der Waals surface area contributed by atoms with E-state index in [-0.39, 0.29) is 17.3 Å². The fraction of sp³-hybridized carbons (Fsp3) is 0.150. The van der Waals surface area contributed by atoms with Crippen molar-refractivity contribution >= 4 is 17.4 Å².